The van der Waals surface area contributed by atoms with E-state index in [2.05, 4.69) is 21.1 Å². The van der Waals surface area contributed by atoms with E-state index in [1.54, 1.807) is 12.1 Å². The summed E-state index contributed by atoms with van der Waals surface area (Å²) in [5.41, 5.74) is 3.10. The van der Waals surface area contributed by atoms with Crippen molar-refractivity contribution >= 4 is 21.8 Å². The Morgan fingerprint density at radius 3 is 2.14 bits per heavy atom. The Kier molecular flexibility index (Phi) is 20.1. The van der Waals surface area contributed by atoms with Gasteiger partial charge >= 0.3 is 29.6 Å². The number of halogens is 2. The summed E-state index contributed by atoms with van der Waals surface area (Å²) in [6.07, 6.45) is 11.5. The number of ether oxygens (including phenoxy) is 2. The standard InChI is InChI=1S/C24H35FN2O2.C7H7ClNO2S.Na/c1-3-5-6-7-8-9-20-17-26-24(27-18-20)21-10-12-23(13-11-21)29-19-22(25)14-16-28-15-4-2;1-6-2-4-7(5-3-6)12(10,11)9-8;/h10-13,17-18,22H,3-9,14-16,19H2,1-2H3;2-5H,1H3;/q;-1;+1. The number of nitrogens with zero attached hydrogens (tertiary/aromatic N) is 3. The van der Waals surface area contributed by atoms with Gasteiger partial charge < -0.3 is 13.7 Å². The SMILES string of the molecule is CCCCCCCc1cnc(-c2ccc(OCC(F)CCOCCC)cc2)nc1.Cc1ccc(S(=O)(=O)[N-]Cl)cc1.[Na+]. The van der Waals surface area contributed by atoms with E-state index in [9.17, 15) is 12.8 Å². The van der Waals surface area contributed by atoms with Crippen molar-refractivity contribution in [3.8, 4) is 17.1 Å². The predicted molar refractivity (Wildman–Crippen MR) is 164 cm³/mol. The molecule has 2 aromatic carbocycles. The van der Waals surface area contributed by atoms with E-state index >= 15 is 0 Å². The molecule has 42 heavy (non-hydrogen) atoms. The first-order valence-electron chi connectivity index (χ1n) is 14.2. The van der Waals surface area contributed by atoms with E-state index in [1.807, 2.05) is 50.5 Å². The number of aryl methyl sites for hydroxylation is 2. The van der Waals surface area contributed by atoms with Gasteiger partial charge in [0.25, 0.3) is 0 Å². The van der Waals surface area contributed by atoms with E-state index < -0.39 is 16.2 Å². The summed E-state index contributed by atoms with van der Waals surface area (Å²) in [5.74, 6) is 1.34. The zero-order chi connectivity index (χ0) is 29.9. The van der Waals surface area contributed by atoms with Gasteiger partial charge in [0.15, 0.2) is 5.82 Å². The second kappa shape index (κ2) is 22.0. The third-order valence-electron chi connectivity index (χ3n) is 6.15. The van der Waals surface area contributed by atoms with E-state index in [4.69, 9.17) is 21.3 Å². The van der Waals surface area contributed by atoms with Gasteiger partial charge in [-0.15, -0.1) is 0 Å². The maximum absolute atomic E-state index is 13.8. The molecule has 3 rings (SSSR count). The molecule has 0 bridgehead atoms. The Morgan fingerprint density at radius 1 is 0.905 bits per heavy atom. The Hall–Kier alpha value is -1.59. The summed E-state index contributed by atoms with van der Waals surface area (Å²) in [6, 6.07) is 13.8. The minimum atomic E-state index is -3.62. The van der Waals surface area contributed by atoms with Crippen LogP contribution in [0, 0.1) is 6.92 Å². The fraction of sp³-hybridized carbons (Fsp3) is 0.484. The van der Waals surface area contributed by atoms with Crippen molar-refractivity contribution in [1.82, 2.24) is 9.97 Å². The van der Waals surface area contributed by atoms with E-state index in [-0.39, 0.29) is 41.1 Å². The van der Waals surface area contributed by atoms with Crippen LogP contribution in [0.25, 0.3) is 15.6 Å². The average Bonchev–Trinajstić information content (AvgIpc) is 2.99. The van der Waals surface area contributed by atoms with Gasteiger partial charge in [0, 0.05) is 42.5 Å². The van der Waals surface area contributed by atoms with Crippen LogP contribution in [0.15, 0.2) is 65.8 Å². The molecular formula is C31H42ClFN3NaO4S. The van der Waals surface area contributed by atoms with Gasteiger partial charge in [0.2, 0.25) is 0 Å². The Balaban J connectivity index is 0.000000569. The molecule has 226 valence electrons. The molecule has 1 unspecified atom stereocenters. The molecule has 0 spiro atoms. The van der Waals surface area contributed by atoms with Gasteiger partial charge in [-0.2, -0.15) is 0 Å². The van der Waals surface area contributed by atoms with Crippen LogP contribution in [0.5, 0.6) is 5.75 Å². The first-order chi connectivity index (χ1) is 19.8. The van der Waals surface area contributed by atoms with Crippen LogP contribution >= 0.6 is 11.8 Å². The Labute approximate surface area is 278 Å². The Morgan fingerprint density at radius 2 is 1.55 bits per heavy atom. The van der Waals surface area contributed by atoms with Crippen LogP contribution in [0.3, 0.4) is 0 Å². The number of unbranched alkanes of at least 4 members (excludes halogenated alkanes) is 4. The number of sulfonamides is 1. The molecule has 0 saturated heterocycles. The van der Waals surface area contributed by atoms with Crippen LogP contribution in [0.1, 0.15) is 69.9 Å². The van der Waals surface area contributed by atoms with Crippen molar-refractivity contribution in [2.75, 3.05) is 19.8 Å². The van der Waals surface area contributed by atoms with Gasteiger partial charge in [0.1, 0.15) is 28.6 Å². The third kappa shape index (κ3) is 15.2. The molecule has 0 saturated carbocycles. The van der Waals surface area contributed by atoms with Crippen molar-refractivity contribution in [3.63, 3.8) is 0 Å². The smallest absolute Gasteiger partial charge is 0.491 e. The van der Waals surface area contributed by atoms with E-state index in [1.165, 1.54) is 49.8 Å². The number of hydrogen-bond donors (Lipinski definition) is 0. The fourth-order valence-corrected chi connectivity index (χ4v) is 4.54. The summed E-state index contributed by atoms with van der Waals surface area (Å²) in [4.78, 5) is 9.10. The van der Waals surface area contributed by atoms with Crippen LogP contribution in [-0.4, -0.2) is 44.4 Å². The monoisotopic (exact) mass is 629 g/mol. The van der Waals surface area contributed by atoms with Gasteiger partial charge in [-0.1, -0.05) is 57.2 Å². The zero-order valence-corrected chi connectivity index (χ0v) is 28.8. The molecule has 0 N–H and O–H groups in total. The topological polar surface area (TPSA) is 92.5 Å². The second-order valence-electron chi connectivity index (χ2n) is 9.77. The molecule has 0 radical (unpaired) electrons. The molecule has 1 aromatic heterocycles. The quantitative estimate of drug-likeness (QED) is 0.147. The van der Waals surface area contributed by atoms with Crippen LogP contribution in [-0.2, 0) is 21.2 Å². The van der Waals surface area contributed by atoms with Crippen molar-refractivity contribution < 1.29 is 51.8 Å². The molecule has 11 heteroatoms. The third-order valence-corrected chi connectivity index (χ3v) is 7.75. The van der Waals surface area contributed by atoms with E-state index in [0.717, 1.165) is 24.0 Å². The van der Waals surface area contributed by atoms with Crippen LogP contribution in [0.2, 0.25) is 0 Å². The summed E-state index contributed by atoms with van der Waals surface area (Å²) < 4.78 is 49.5. The molecule has 0 aliphatic heterocycles. The molecule has 3 aromatic rings. The molecule has 1 heterocycles. The summed E-state index contributed by atoms with van der Waals surface area (Å²) >= 11 is 4.90. The van der Waals surface area contributed by atoms with Crippen molar-refractivity contribution in [3.05, 3.63) is 76.3 Å². The number of alkyl halides is 1. The minimum absolute atomic E-state index is 0. The molecule has 0 aliphatic carbocycles. The van der Waals surface area contributed by atoms with Crippen molar-refractivity contribution in [2.45, 2.75) is 83.2 Å². The second-order valence-corrected chi connectivity index (χ2v) is 11.7. The van der Waals surface area contributed by atoms with Crippen molar-refractivity contribution in [2.24, 2.45) is 0 Å². The molecule has 0 aliphatic rings. The predicted octanol–water partition coefficient (Wildman–Crippen LogP) is 5.41. The summed E-state index contributed by atoms with van der Waals surface area (Å²) in [7, 11) is -3.62. The number of hydrogen-bond acceptors (Lipinski definition) is 6. The summed E-state index contributed by atoms with van der Waals surface area (Å²) in [5, 5.41) is 0. The fourth-order valence-electron chi connectivity index (χ4n) is 3.74. The number of benzene rings is 2. The van der Waals surface area contributed by atoms with Gasteiger partial charge in [-0.25, -0.2) is 22.8 Å². The first-order valence-corrected chi connectivity index (χ1v) is 16.0. The van der Waals surface area contributed by atoms with Crippen molar-refractivity contribution in [1.29, 1.82) is 0 Å². The van der Waals surface area contributed by atoms with E-state index in [0.29, 0.717) is 31.2 Å². The normalized spacial score (nSPS) is 11.6. The molecule has 0 fully saturated rings. The maximum atomic E-state index is 13.8. The van der Waals surface area contributed by atoms with Crippen LogP contribution in [0.4, 0.5) is 4.39 Å². The molecule has 7 nitrogen and oxygen atoms in total. The largest absolute Gasteiger partial charge is 1.00 e. The number of aromatic nitrogens is 2. The number of rotatable bonds is 17. The zero-order valence-electron chi connectivity index (χ0n) is 25.3. The average molecular weight is 630 g/mol. The molecular weight excluding hydrogens is 588 g/mol. The van der Waals surface area contributed by atoms with Gasteiger partial charge in [-0.3, -0.25) is 11.8 Å². The van der Waals surface area contributed by atoms with Crippen LogP contribution < -0.4 is 34.3 Å². The minimum Gasteiger partial charge on any atom is -0.491 e. The molecule has 1 atom stereocenters. The van der Waals surface area contributed by atoms with Gasteiger partial charge in [-0.05, 0) is 68.1 Å². The summed E-state index contributed by atoms with van der Waals surface area (Å²) in [6.45, 7) is 7.29. The maximum Gasteiger partial charge on any atom is 1.00 e. The molecule has 0 amide bonds. The van der Waals surface area contributed by atoms with Gasteiger partial charge in [0.05, 0.1) is 0 Å². The Bertz CT molecular complexity index is 1220. The first kappa shape index (κ1) is 38.4.